The van der Waals surface area contributed by atoms with Crippen molar-refractivity contribution < 1.29 is 14.3 Å². The van der Waals surface area contributed by atoms with Crippen molar-refractivity contribution in [2.24, 2.45) is 17.8 Å². The summed E-state index contributed by atoms with van der Waals surface area (Å²) < 4.78 is 13.8. The monoisotopic (exact) mass is 539 g/mol. The summed E-state index contributed by atoms with van der Waals surface area (Å²) in [6, 6.07) is 1.84. The number of methoxy groups -OCH3 is 1. The third-order valence-corrected chi connectivity index (χ3v) is 8.51. The van der Waals surface area contributed by atoms with Crippen molar-refractivity contribution in [2.45, 2.75) is 77.2 Å². The molecule has 1 amide bonds. The van der Waals surface area contributed by atoms with Crippen molar-refractivity contribution in [3.05, 3.63) is 35.1 Å². The zero-order chi connectivity index (χ0) is 26.2. The largest absolute Gasteiger partial charge is 0.423 e. The smallest absolute Gasteiger partial charge is 0.420 e. The molecule has 2 saturated carbocycles. The van der Waals surface area contributed by atoms with E-state index < -0.39 is 12.3 Å². The Kier molecular flexibility index (Phi) is 7.20. The van der Waals surface area contributed by atoms with E-state index in [1.165, 1.54) is 38.5 Å². The summed E-state index contributed by atoms with van der Waals surface area (Å²) in [5, 5.41) is 0.510. The van der Waals surface area contributed by atoms with Gasteiger partial charge < -0.3 is 14.0 Å². The first-order chi connectivity index (χ1) is 18.5. The van der Waals surface area contributed by atoms with Crippen molar-refractivity contribution in [2.75, 3.05) is 7.11 Å². The third kappa shape index (κ3) is 4.97. The fourth-order valence-electron chi connectivity index (χ4n) is 6.28. The Morgan fingerprint density at radius 2 is 1.92 bits per heavy atom. The Balaban J connectivity index is 1.54. The second kappa shape index (κ2) is 10.7. The first-order valence-corrected chi connectivity index (χ1v) is 14.0. The summed E-state index contributed by atoms with van der Waals surface area (Å²) in [5.74, 6) is 2.92. The van der Waals surface area contributed by atoms with Gasteiger partial charge in [-0.1, -0.05) is 44.2 Å². The lowest BCUT2D eigenvalue weighted by atomic mass is 9.83. The molecule has 11 heteroatoms. The van der Waals surface area contributed by atoms with Gasteiger partial charge in [-0.3, -0.25) is 10.4 Å². The molecule has 3 aromatic rings. The average molecular weight is 540 g/mol. The number of fused-ring (bicyclic) bond motifs is 1. The normalized spacial score (nSPS) is 25.0. The number of cyclic esters (lactones) is 1. The van der Waals surface area contributed by atoms with Crippen LogP contribution in [-0.2, 0) is 16.0 Å². The lowest BCUT2D eigenvalue weighted by Gasteiger charge is -2.29. The van der Waals surface area contributed by atoms with Crippen molar-refractivity contribution in [3.63, 3.8) is 0 Å². The van der Waals surface area contributed by atoms with E-state index in [9.17, 15) is 4.79 Å². The molecule has 3 aromatic heterocycles. The van der Waals surface area contributed by atoms with Crippen LogP contribution in [0.3, 0.4) is 0 Å². The van der Waals surface area contributed by atoms with Gasteiger partial charge in [0, 0.05) is 31.6 Å². The molecule has 0 spiro atoms. The van der Waals surface area contributed by atoms with Crippen LogP contribution in [-0.4, -0.2) is 37.7 Å². The van der Waals surface area contributed by atoms with E-state index in [2.05, 4.69) is 27.3 Å². The minimum atomic E-state index is -0.834. The van der Waals surface area contributed by atoms with Gasteiger partial charge in [-0.25, -0.2) is 19.7 Å². The second-order valence-corrected chi connectivity index (χ2v) is 11.4. The SMILES string of the molecule is COC(c1nc2nc(C3NNC(=O)O3)nc(-c3cncc(Cl)c3)c2n1CC1CCC(C)CC1)C1CCCC1. The quantitative estimate of drug-likeness (QED) is 0.405. The van der Waals surface area contributed by atoms with E-state index in [-0.39, 0.29) is 6.10 Å². The molecule has 1 aliphatic heterocycles. The third-order valence-electron chi connectivity index (χ3n) is 8.31. The van der Waals surface area contributed by atoms with Crippen molar-refractivity contribution in [1.29, 1.82) is 0 Å². The molecule has 3 fully saturated rings. The molecule has 38 heavy (non-hydrogen) atoms. The number of carbonyl (C=O) groups is 1. The van der Waals surface area contributed by atoms with Crippen LogP contribution in [0.4, 0.5) is 4.79 Å². The Labute approximate surface area is 226 Å². The molecule has 3 aliphatic rings. The molecule has 0 radical (unpaired) electrons. The van der Waals surface area contributed by atoms with E-state index in [1.54, 1.807) is 19.5 Å². The van der Waals surface area contributed by atoms with Gasteiger partial charge in [0.05, 0.1) is 5.02 Å². The van der Waals surface area contributed by atoms with Gasteiger partial charge in [-0.2, -0.15) is 5.43 Å². The predicted octanol–water partition coefficient (Wildman–Crippen LogP) is 5.49. The fraction of sp³-hybridized carbons (Fsp3) is 0.593. The highest BCUT2D eigenvalue weighted by molar-refractivity contribution is 6.30. The summed E-state index contributed by atoms with van der Waals surface area (Å²) in [5.41, 5.74) is 8.05. The standard InChI is InChI=1S/C27H34ClN7O3/c1-15-7-9-16(10-8-15)14-35-21-20(18-11-19(28)13-29-12-18)30-24(26-33-34-27(36)38-26)31-23(21)32-25(35)22(37-2)17-5-3-4-6-17/h11-13,15-17,22,26,33H,3-10,14H2,1-2H3,(H,34,36). The van der Waals surface area contributed by atoms with Gasteiger partial charge in [0.25, 0.3) is 0 Å². The zero-order valence-electron chi connectivity index (χ0n) is 21.8. The number of aromatic nitrogens is 5. The molecular weight excluding hydrogens is 506 g/mol. The van der Waals surface area contributed by atoms with Gasteiger partial charge in [-0.05, 0) is 49.5 Å². The van der Waals surface area contributed by atoms with Gasteiger partial charge >= 0.3 is 6.09 Å². The Morgan fingerprint density at radius 1 is 1.13 bits per heavy atom. The van der Waals surface area contributed by atoms with Crippen LogP contribution < -0.4 is 10.9 Å². The van der Waals surface area contributed by atoms with E-state index in [0.717, 1.165) is 42.2 Å². The highest BCUT2D eigenvalue weighted by Crippen LogP contribution is 2.41. The van der Waals surface area contributed by atoms with Crippen LogP contribution in [0.25, 0.3) is 22.4 Å². The second-order valence-electron chi connectivity index (χ2n) is 11.0. The molecule has 0 aromatic carbocycles. The summed E-state index contributed by atoms with van der Waals surface area (Å²) in [4.78, 5) is 30.9. The lowest BCUT2D eigenvalue weighted by Crippen LogP contribution is -2.27. The van der Waals surface area contributed by atoms with Crippen LogP contribution >= 0.6 is 11.6 Å². The maximum absolute atomic E-state index is 11.8. The van der Waals surface area contributed by atoms with Crippen LogP contribution in [0.5, 0.6) is 0 Å². The number of nitrogens with one attached hydrogen (secondary N) is 2. The highest BCUT2D eigenvalue weighted by Gasteiger charge is 2.34. The van der Waals surface area contributed by atoms with Crippen molar-refractivity contribution in [1.82, 2.24) is 35.4 Å². The van der Waals surface area contributed by atoms with E-state index in [0.29, 0.717) is 34.0 Å². The first kappa shape index (κ1) is 25.5. The molecular formula is C27H34ClN7O3. The van der Waals surface area contributed by atoms with Crippen molar-refractivity contribution >= 4 is 28.9 Å². The summed E-state index contributed by atoms with van der Waals surface area (Å²) in [6.07, 6.45) is 11.3. The predicted molar refractivity (Wildman–Crippen MR) is 142 cm³/mol. The number of amides is 1. The molecule has 2 atom stereocenters. The van der Waals surface area contributed by atoms with Gasteiger partial charge in [0.1, 0.15) is 23.1 Å². The molecule has 10 nitrogen and oxygen atoms in total. The fourth-order valence-corrected chi connectivity index (χ4v) is 6.45. The number of carbonyl (C=O) groups excluding carboxylic acids is 1. The summed E-state index contributed by atoms with van der Waals surface area (Å²) >= 11 is 6.37. The average Bonchev–Trinajstić information content (AvgIpc) is 3.67. The number of hydrogen-bond donors (Lipinski definition) is 2. The van der Waals surface area contributed by atoms with Gasteiger partial charge in [-0.15, -0.1) is 0 Å². The number of pyridine rings is 1. The number of hydrazine groups is 1. The van der Waals surface area contributed by atoms with E-state index >= 15 is 0 Å². The number of nitrogens with zero attached hydrogens (tertiary/aromatic N) is 5. The van der Waals surface area contributed by atoms with Crippen LogP contribution in [0.1, 0.15) is 82.3 Å². The number of rotatable bonds is 7. The summed E-state index contributed by atoms with van der Waals surface area (Å²) in [6.45, 7) is 3.17. The maximum atomic E-state index is 11.8. The number of halogens is 1. The van der Waals surface area contributed by atoms with Gasteiger partial charge in [0.15, 0.2) is 11.5 Å². The highest BCUT2D eigenvalue weighted by atomic mass is 35.5. The molecule has 1 saturated heterocycles. The molecule has 2 unspecified atom stereocenters. The maximum Gasteiger partial charge on any atom is 0.423 e. The lowest BCUT2D eigenvalue weighted by molar-refractivity contribution is 0.0432. The Hall–Kier alpha value is -2.82. The van der Waals surface area contributed by atoms with Gasteiger partial charge in [0.2, 0.25) is 6.23 Å². The number of ether oxygens (including phenoxy) is 2. The molecule has 202 valence electrons. The molecule has 6 rings (SSSR count). The molecule has 0 bridgehead atoms. The molecule has 2 aliphatic carbocycles. The van der Waals surface area contributed by atoms with Crippen LogP contribution in [0.2, 0.25) is 5.02 Å². The minimum absolute atomic E-state index is 0.132. The molecule has 2 N–H and O–H groups in total. The van der Waals surface area contributed by atoms with Crippen LogP contribution in [0, 0.1) is 17.8 Å². The summed E-state index contributed by atoms with van der Waals surface area (Å²) in [7, 11) is 1.78. The van der Waals surface area contributed by atoms with Crippen molar-refractivity contribution in [3.8, 4) is 11.3 Å². The van der Waals surface area contributed by atoms with Crippen LogP contribution in [0.15, 0.2) is 18.5 Å². The number of imidazole rings is 1. The first-order valence-electron chi connectivity index (χ1n) is 13.6. The van der Waals surface area contributed by atoms with E-state index in [4.69, 9.17) is 36.0 Å². The molecule has 4 heterocycles. The van der Waals surface area contributed by atoms with E-state index in [1.807, 2.05) is 6.07 Å². The number of hydrogen-bond acceptors (Lipinski definition) is 8. The topological polar surface area (TPSA) is 116 Å². The zero-order valence-corrected chi connectivity index (χ0v) is 22.6. The minimum Gasteiger partial charge on any atom is -0.420 e. The Morgan fingerprint density at radius 3 is 2.61 bits per heavy atom. The Bertz CT molecular complexity index is 1320.